The van der Waals surface area contributed by atoms with E-state index < -0.39 is 17.8 Å². The molecule has 0 bridgehead atoms. The van der Waals surface area contributed by atoms with Crippen molar-refractivity contribution in [2.75, 3.05) is 13.1 Å². The van der Waals surface area contributed by atoms with Gasteiger partial charge in [-0.2, -0.15) is 0 Å². The molecule has 2 aromatic rings. The Balaban J connectivity index is 2.19. The Morgan fingerprint density at radius 1 is 1.42 bits per heavy atom. The smallest absolute Gasteiger partial charge is 0.263 e. The number of fused-ring (bicyclic) bond motifs is 1. The largest absolute Gasteiger partial charge is 0.311 e. The maximum atomic E-state index is 14.6. The van der Waals surface area contributed by atoms with Gasteiger partial charge in [0.15, 0.2) is 0 Å². The van der Waals surface area contributed by atoms with Crippen molar-refractivity contribution < 1.29 is 8.78 Å². The number of aromatic nitrogens is 2. The van der Waals surface area contributed by atoms with Crippen LogP contribution in [-0.4, -0.2) is 28.6 Å². The van der Waals surface area contributed by atoms with Gasteiger partial charge in [-0.3, -0.25) is 9.36 Å². The first kappa shape index (κ1) is 19.4. The maximum Gasteiger partial charge on any atom is 0.263 e. The number of hydrogen-bond acceptors (Lipinski definition) is 3. The molecular weight excluding hydrogens is 404 g/mol. The van der Waals surface area contributed by atoms with Crippen molar-refractivity contribution in [2.24, 2.45) is 5.92 Å². The monoisotopic (exact) mass is 427 g/mol. The van der Waals surface area contributed by atoms with E-state index >= 15 is 0 Å². The van der Waals surface area contributed by atoms with Crippen LogP contribution >= 0.6 is 15.9 Å². The number of benzene rings is 1. The standard InChI is InChI=1S/C19H24BrF2N3O/c1-3-5-13(15-8-9-23-11-19(15,21)22)17-24-16-7-6-12(20)10-14(16)18(26)25(17)4-2/h6-7,10,13,15,23H,3-5,8-9,11H2,1-2H3/t13-,15-/m0/s1. The summed E-state index contributed by atoms with van der Waals surface area (Å²) in [6.07, 6.45) is 1.74. The van der Waals surface area contributed by atoms with Gasteiger partial charge in [-0.1, -0.05) is 29.3 Å². The third-order valence-electron chi connectivity index (χ3n) is 5.21. The van der Waals surface area contributed by atoms with Crippen molar-refractivity contribution in [2.45, 2.75) is 51.5 Å². The number of nitrogens with zero attached hydrogens (tertiary/aromatic N) is 2. The van der Waals surface area contributed by atoms with E-state index in [4.69, 9.17) is 4.98 Å². The van der Waals surface area contributed by atoms with E-state index in [9.17, 15) is 13.6 Å². The molecule has 1 aliphatic heterocycles. The van der Waals surface area contributed by atoms with Gasteiger partial charge in [-0.15, -0.1) is 0 Å². The van der Waals surface area contributed by atoms with Gasteiger partial charge in [0.1, 0.15) is 5.82 Å². The Labute approximate surface area is 160 Å². The van der Waals surface area contributed by atoms with Crippen molar-refractivity contribution in [3.05, 3.63) is 38.9 Å². The number of piperidine rings is 1. The zero-order valence-corrected chi connectivity index (χ0v) is 16.7. The van der Waals surface area contributed by atoms with Gasteiger partial charge < -0.3 is 5.32 Å². The predicted octanol–water partition coefficient (Wildman–Crippen LogP) is 4.31. The number of rotatable bonds is 5. The summed E-state index contributed by atoms with van der Waals surface area (Å²) in [7, 11) is 0. The number of hydrogen-bond donors (Lipinski definition) is 1. The van der Waals surface area contributed by atoms with E-state index in [-0.39, 0.29) is 12.1 Å². The van der Waals surface area contributed by atoms with Crippen LogP contribution in [-0.2, 0) is 6.54 Å². The second kappa shape index (κ2) is 7.72. The van der Waals surface area contributed by atoms with Crippen molar-refractivity contribution in [1.82, 2.24) is 14.9 Å². The Morgan fingerprint density at radius 3 is 2.85 bits per heavy atom. The molecule has 3 rings (SSSR count). The highest BCUT2D eigenvalue weighted by Gasteiger charge is 2.47. The van der Waals surface area contributed by atoms with Crippen LogP contribution in [0.5, 0.6) is 0 Å². The molecule has 0 radical (unpaired) electrons. The van der Waals surface area contributed by atoms with E-state index in [1.165, 1.54) is 0 Å². The van der Waals surface area contributed by atoms with E-state index in [1.807, 2.05) is 19.9 Å². The lowest BCUT2D eigenvalue weighted by atomic mass is 9.79. The summed E-state index contributed by atoms with van der Waals surface area (Å²) in [5.41, 5.74) is 0.406. The van der Waals surface area contributed by atoms with E-state index in [2.05, 4.69) is 21.2 Å². The summed E-state index contributed by atoms with van der Waals surface area (Å²) >= 11 is 3.38. The predicted molar refractivity (Wildman–Crippen MR) is 103 cm³/mol. The van der Waals surface area contributed by atoms with E-state index in [0.29, 0.717) is 42.7 Å². The minimum absolute atomic E-state index is 0.160. The molecule has 1 aromatic carbocycles. The van der Waals surface area contributed by atoms with Gasteiger partial charge in [0.05, 0.1) is 17.4 Å². The molecule has 0 amide bonds. The molecule has 26 heavy (non-hydrogen) atoms. The van der Waals surface area contributed by atoms with Gasteiger partial charge in [0.2, 0.25) is 0 Å². The molecule has 1 saturated heterocycles. The highest BCUT2D eigenvalue weighted by atomic mass is 79.9. The number of nitrogens with one attached hydrogen (secondary N) is 1. The molecule has 0 saturated carbocycles. The SMILES string of the molecule is CCC[C@H](c1nc2ccc(Br)cc2c(=O)n1CC)[C@@H]1CCNCC1(F)F. The fourth-order valence-electron chi connectivity index (χ4n) is 3.97. The summed E-state index contributed by atoms with van der Waals surface area (Å²) < 4.78 is 31.7. The van der Waals surface area contributed by atoms with Crippen LogP contribution < -0.4 is 10.9 Å². The molecule has 2 atom stereocenters. The fourth-order valence-corrected chi connectivity index (χ4v) is 4.33. The molecule has 142 valence electrons. The number of alkyl halides is 2. The average molecular weight is 428 g/mol. The maximum absolute atomic E-state index is 14.6. The summed E-state index contributed by atoms with van der Waals surface area (Å²) in [6.45, 7) is 4.52. The topological polar surface area (TPSA) is 46.9 Å². The molecule has 1 fully saturated rings. The molecule has 4 nitrogen and oxygen atoms in total. The molecule has 0 aliphatic carbocycles. The third-order valence-corrected chi connectivity index (χ3v) is 5.71. The molecule has 1 N–H and O–H groups in total. The van der Waals surface area contributed by atoms with E-state index in [1.54, 1.807) is 16.7 Å². The van der Waals surface area contributed by atoms with Crippen LogP contribution in [0.1, 0.15) is 44.9 Å². The van der Waals surface area contributed by atoms with Crippen LogP contribution in [0.2, 0.25) is 0 Å². The van der Waals surface area contributed by atoms with Gasteiger partial charge >= 0.3 is 0 Å². The lowest BCUT2D eigenvalue weighted by Gasteiger charge is -2.37. The Bertz CT molecular complexity index is 853. The lowest BCUT2D eigenvalue weighted by molar-refractivity contribution is -0.0853. The highest BCUT2D eigenvalue weighted by Crippen LogP contribution is 2.42. The zero-order chi connectivity index (χ0) is 18.9. The van der Waals surface area contributed by atoms with E-state index in [0.717, 1.165) is 10.9 Å². The van der Waals surface area contributed by atoms with Gasteiger partial charge in [-0.25, -0.2) is 13.8 Å². The minimum Gasteiger partial charge on any atom is -0.311 e. The fraction of sp³-hybridized carbons (Fsp3) is 0.579. The van der Waals surface area contributed by atoms with Crippen LogP contribution in [0.3, 0.4) is 0 Å². The van der Waals surface area contributed by atoms with Gasteiger partial charge in [0.25, 0.3) is 11.5 Å². The Hall–Kier alpha value is -1.34. The summed E-state index contributed by atoms with van der Waals surface area (Å²) in [4.78, 5) is 17.7. The molecule has 2 heterocycles. The highest BCUT2D eigenvalue weighted by molar-refractivity contribution is 9.10. The third kappa shape index (κ3) is 3.56. The molecule has 1 aromatic heterocycles. The molecule has 1 aliphatic rings. The average Bonchev–Trinajstić information content (AvgIpc) is 2.60. The summed E-state index contributed by atoms with van der Waals surface area (Å²) in [5, 5.41) is 3.30. The van der Waals surface area contributed by atoms with Crippen molar-refractivity contribution >= 4 is 26.8 Å². The first-order valence-electron chi connectivity index (χ1n) is 9.17. The Kier molecular flexibility index (Phi) is 5.77. The second-order valence-corrected chi connectivity index (χ2v) is 7.82. The first-order chi connectivity index (χ1) is 12.4. The normalized spacial score (nSPS) is 21.0. The molecule has 0 spiro atoms. The van der Waals surface area contributed by atoms with Crippen LogP contribution in [0, 0.1) is 5.92 Å². The van der Waals surface area contributed by atoms with Crippen molar-refractivity contribution in [3.63, 3.8) is 0 Å². The zero-order valence-electron chi connectivity index (χ0n) is 15.1. The van der Waals surface area contributed by atoms with Crippen molar-refractivity contribution in [1.29, 1.82) is 0 Å². The van der Waals surface area contributed by atoms with Crippen LogP contribution in [0.15, 0.2) is 27.5 Å². The van der Waals surface area contributed by atoms with Crippen molar-refractivity contribution in [3.8, 4) is 0 Å². The lowest BCUT2D eigenvalue weighted by Crippen LogP contribution is -2.49. The quantitative estimate of drug-likeness (QED) is 0.773. The minimum atomic E-state index is -2.80. The summed E-state index contributed by atoms with van der Waals surface area (Å²) in [6, 6.07) is 5.34. The Morgan fingerprint density at radius 2 is 2.19 bits per heavy atom. The van der Waals surface area contributed by atoms with Crippen LogP contribution in [0.25, 0.3) is 10.9 Å². The number of halogens is 3. The van der Waals surface area contributed by atoms with Crippen LogP contribution in [0.4, 0.5) is 8.78 Å². The molecule has 7 heteroatoms. The molecular formula is C19H24BrF2N3O. The van der Waals surface area contributed by atoms with Gasteiger partial charge in [0, 0.05) is 22.9 Å². The first-order valence-corrected chi connectivity index (χ1v) is 9.96. The summed E-state index contributed by atoms with van der Waals surface area (Å²) in [5.74, 6) is -3.54. The van der Waals surface area contributed by atoms with Gasteiger partial charge in [-0.05, 0) is 44.5 Å². The second-order valence-electron chi connectivity index (χ2n) is 6.91. The molecule has 0 unspecified atom stereocenters.